The highest BCUT2D eigenvalue weighted by Gasteiger charge is 2.21. The van der Waals surface area contributed by atoms with E-state index in [2.05, 4.69) is 29.1 Å². The maximum Gasteiger partial charge on any atom is 0.220 e. The molecule has 3 rings (SSSR count). The van der Waals surface area contributed by atoms with Crippen molar-refractivity contribution in [2.24, 2.45) is 5.92 Å². The Hall–Kier alpha value is -2.33. The Bertz CT molecular complexity index is 822. The van der Waals surface area contributed by atoms with Gasteiger partial charge in [-0.2, -0.15) is 0 Å². The molecule has 0 saturated carbocycles. The van der Waals surface area contributed by atoms with Crippen molar-refractivity contribution in [3.63, 3.8) is 0 Å². The monoisotopic (exact) mass is 355 g/mol. The number of hydrogen-bond acceptors (Lipinski definition) is 2. The normalized spacial score (nSPS) is 12.5. The maximum atomic E-state index is 12.4. The molecule has 0 aliphatic heterocycles. The largest absolute Gasteiger partial charge is 0.346 e. The summed E-state index contributed by atoms with van der Waals surface area (Å²) in [5.41, 5.74) is 3.00. The van der Waals surface area contributed by atoms with E-state index in [-0.39, 0.29) is 17.9 Å². The van der Waals surface area contributed by atoms with Gasteiger partial charge in [-0.05, 0) is 42.2 Å². The highest BCUT2D eigenvalue weighted by molar-refractivity contribution is 6.30. The van der Waals surface area contributed by atoms with Crippen molar-refractivity contribution in [1.29, 1.82) is 0 Å². The molecule has 25 heavy (non-hydrogen) atoms. The van der Waals surface area contributed by atoms with Crippen LogP contribution in [0.4, 0.5) is 0 Å². The molecule has 1 atom stereocenters. The van der Waals surface area contributed by atoms with Crippen LogP contribution in [-0.4, -0.2) is 15.9 Å². The molecule has 0 bridgehead atoms. The van der Waals surface area contributed by atoms with Gasteiger partial charge in [0.1, 0.15) is 5.82 Å². The van der Waals surface area contributed by atoms with Gasteiger partial charge in [0.05, 0.1) is 17.1 Å². The molecule has 1 aromatic heterocycles. The third kappa shape index (κ3) is 4.40. The van der Waals surface area contributed by atoms with E-state index >= 15 is 0 Å². The van der Waals surface area contributed by atoms with Crippen LogP contribution in [0.5, 0.6) is 0 Å². The molecule has 5 heteroatoms. The topological polar surface area (TPSA) is 57.8 Å². The van der Waals surface area contributed by atoms with Crippen LogP contribution in [-0.2, 0) is 11.2 Å². The first-order valence-corrected chi connectivity index (χ1v) is 8.89. The van der Waals surface area contributed by atoms with Crippen molar-refractivity contribution < 1.29 is 4.79 Å². The quantitative estimate of drug-likeness (QED) is 0.675. The minimum Gasteiger partial charge on any atom is -0.346 e. The average Bonchev–Trinajstić information content (AvgIpc) is 3.02. The fraction of sp³-hybridized carbons (Fsp3) is 0.300. The zero-order valence-corrected chi connectivity index (χ0v) is 15.2. The van der Waals surface area contributed by atoms with Crippen LogP contribution in [0.25, 0.3) is 11.0 Å². The number of para-hydroxylation sites is 2. The number of aromatic nitrogens is 2. The molecule has 0 radical (unpaired) electrons. The number of fused-ring (bicyclic) bond motifs is 1. The number of benzene rings is 2. The standard InChI is InChI=1S/C20H22ClN3O/c1-13(2)19(20-22-16-5-3-4-6-17(16)23-20)24-18(25)12-9-14-7-10-15(21)11-8-14/h3-8,10-11,13,19H,9,12H2,1-2H3,(H,22,23)(H,24,25). The number of H-pyrrole nitrogens is 1. The Kier molecular flexibility index (Phi) is 5.39. The molecule has 1 unspecified atom stereocenters. The molecule has 0 aliphatic carbocycles. The summed E-state index contributed by atoms with van der Waals surface area (Å²) in [6, 6.07) is 15.4. The number of carbonyl (C=O) groups excluding carboxylic acids is 1. The van der Waals surface area contributed by atoms with Gasteiger partial charge in [0, 0.05) is 11.4 Å². The number of aryl methyl sites for hydroxylation is 1. The van der Waals surface area contributed by atoms with Gasteiger partial charge in [-0.25, -0.2) is 4.98 Å². The van der Waals surface area contributed by atoms with Gasteiger partial charge in [0.25, 0.3) is 0 Å². The fourth-order valence-corrected chi connectivity index (χ4v) is 2.95. The van der Waals surface area contributed by atoms with Crippen LogP contribution < -0.4 is 5.32 Å². The molecular formula is C20H22ClN3O. The number of aromatic amines is 1. The number of halogens is 1. The second kappa shape index (κ2) is 7.70. The van der Waals surface area contributed by atoms with E-state index in [1.165, 1.54) is 0 Å². The van der Waals surface area contributed by atoms with Crippen LogP contribution in [0.3, 0.4) is 0 Å². The highest BCUT2D eigenvalue weighted by Crippen LogP contribution is 2.22. The lowest BCUT2D eigenvalue weighted by molar-refractivity contribution is -0.122. The fourth-order valence-electron chi connectivity index (χ4n) is 2.83. The van der Waals surface area contributed by atoms with E-state index in [9.17, 15) is 4.79 Å². The van der Waals surface area contributed by atoms with E-state index in [0.717, 1.165) is 22.4 Å². The number of nitrogens with zero attached hydrogens (tertiary/aromatic N) is 1. The van der Waals surface area contributed by atoms with Crippen LogP contribution in [0.15, 0.2) is 48.5 Å². The minimum absolute atomic E-state index is 0.0223. The van der Waals surface area contributed by atoms with E-state index < -0.39 is 0 Å². The van der Waals surface area contributed by atoms with Crippen LogP contribution in [0.1, 0.15) is 37.7 Å². The summed E-state index contributed by atoms with van der Waals surface area (Å²) in [5, 5.41) is 3.82. The number of amides is 1. The number of imidazole rings is 1. The van der Waals surface area contributed by atoms with Gasteiger partial charge in [-0.15, -0.1) is 0 Å². The van der Waals surface area contributed by atoms with E-state index in [0.29, 0.717) is 17.9 Å². The molecule has 0 aliphatic rings. The smallest absolute Gasteiger partial charge is 0.220 e. The van der Waals surface area contributed by atoms with E-state index in [4.69, 9.17) is 11.6 Å². The van der Waals surface area contributed by atoms with Crippen molar-refractivity contribution >= 4 is 28.5 Å². The van der Waals surface area contributed by atoms with Crippen molar-refractivity contribution in [2.75, 3.05) is 0 Å². The van der Waals surface area contributed by atoms with Gasteiger partial charge in [0.15, 0.2) is 0 Å². The predicted molar refractivity (Wildman–Crippen MR) is 102 cm³/mol. The number of hydrogen-bond donors (Lipinski definition) is 2. The van der Waals surface area contributed by atoms with Gasteiger partial charge in [0.2, 0.25) is 5.91 Å². The second-order valence-corrected chi connectivity index (χ2v) is 6.99. The summed E-state index contributed by atoms with van der Waals surface area (Å²) < 4.78 is 0. The molecular weight excluding hydrogens is 334 g/mol. The molecule has 130 valence electrons. The summed E-state index contributed by atoms with van der Waals surface area (Å²) in [7, 11) is 0. The van der Waals surface area contributed by atoms with Crippen molar-refractivity contribution in [2.45, 2.75) is 32.7 Å². The van der Waals surface area contributed by atoms with Crippen LogP contribution >= 0.6 is 11.6 Å². The molecule has 2 N–H and O–H groups in total. The second-order valence-electron chi connectivity index (χ2n) is 6.55. The SMILES string of the molecule is CC(C)C(NC(=O)CCc1ccc(Cl)cc1)c1nc2ccccc2[nH]1. The lowest BCUT2D eigenvalue weighted by Gasteiger charge is -2.20. The number of nitrogens with one attached hydrogen (secondary N) is 2. The number of rotatable bonds is 6. The predicted octanol–water partition coefficient (Wildman–Crippen LogP) is 4.66. The van der Waals surface area contributed by atoms with E-state index in [1.54, 1.807) is 0 Å². The zero-order chi connectivity index (χ0) is 17.8. The third-order valence-corrected chi connectivity index (χ3v) is 4.49. The van der Waals surface area contributed by atoms with Gasteiger partial charge < -0.3 is 10.3 Å². The first-order valence-electron chi connectivity index (χ1n) is 8.51. The first-order chi connectivity index (χ1) is 12.0. The Labute approximate surface area is 152 Å². The average molecular weight is 356 g/mol. The lowest BCUT2D eigenvalue weighted by Crippen LogP contribution is -2.32. The summed E-state index contributed by atoms with van der Waals surface area (Å²) in [5.74, 6) is 1.06. The molecule has 0 saturated heterocycles. The summed E-state index contributed by atoms with van der Waals surface area (Å²) in [6.45, 7) is 4.16. The lowest BCUT2D eigenvalue weighted by atomic mass is 10.0. The minimum atomic E-state index is -0.134. The highest BCUT2D eigenvalue weighted by atomic mass is 35.5. The van der Waals surface area contributed by atoms with Crippen LogP contribution in [0.2, 0.25) is 5.02 Å². The maximum absolute atomic E-state index is 12.4. The summed E-state index contributed by atoms with van der Waals surface area (Å²) in [4.78, 5) is 20.4. The molecule has 2 aromatic carbocycles. The molecule has 0 spiro atoms. The van der Waals surface area contributed by atoms with Crippen molar-refractivity contribution in [3.8, 4) is 0 Å². The molecule has 0 fully saturated rings. The first kappa shape index (κ1) is 17.5. The Morgan fingerprint density at radius 2 is 1.88 bits per heavy atom. The molecule has 3 aromatic rings. The van der Waals surface area contributed by atoms with Crippen LogP contribution in [0, 0.1) is 5.92 Å². The Balaban J connectivity index is 1.66. The Morgan fingerprint density at radius 1 is 1.16 bits per heavy atom. The summed E-state index contributed by atoms with van der Waals surface area (Å²) in [6.07, 6.45) is 1.12. The summed E-state index contributed by atoms with van der Waals surface area (Å²) >= 11 is 5.89. The van der Waals surface area contributed by atoms with Gasteiger partial charge in [-0.1, -0.05) is 49.7 Å². The molecule has 1 heterocycles. The van der Waals surface area contributed by atoms with E-state index in [1.807, 2.05) is 48.5 Å². The molecule has 1 amide bonds. The Morgan fingerprint density at radius 3 is 2.56 bits per heavy atom. The molecule has 4 nitrogen and oxygen atoms in total. The number of carbonyl (C=O) groups is 1. The van der Waals surface area contributed by atoms with Gasteiger partial charge >= 0.3 is 0 Å². The van der Waals surface area contributed by atoms with Gasteiger partial charge in [-0.3, -0.25) is 4.79 Å². The van der Waals surface area contributed by atoms with Crippen molar-refractivity contribution in [1.82, 2.24) is 15.3 Å². The van der Waals surface area contributed by atoms with Crippen molar-refractivity contribution in [3.05, 3.63) is 64.9 Å². The zero-order valence-electron chi connectivity index (χ0n) is 14.4. The third-order valence-electron chi connectivity index (χ3n) is 4.24.